The molecule has 1 aromatic carbocycles. The second-order valence-corrected chi connectivity index (χ2v) is 4.32. The maximum Gasteiger partial charge on any atom is 0.265 e. The number of para-hydroxylation sites is 1. The molecule has 0 fully saturated rings. The van der Waals surface area contributed by atoms with E-state index < -0.39 is 0 Å². The van der Waals surface area contributed by atoms with Gasteiger partial charge in [-0.25, -0.2) is 0 Å². The summed E-state index contributed by atoms with van der Waals surface area (Å²) >= 11 is 1.09. The van der Waals surface area contributed by atoms with Gasteiger partial charge in [-0.2, -0.15) is 0 Å². The van der Waals surface area contributed by atoms with Gasteiger partial charge >= 0.3 is 0 Å². The Morgan fingerprint density at radius 3 is 2.88 bits per heavy atom. The zero-order valence-corrected chi connectivity index (χ0v) is 10.1. The molecule has 6 heteroatoms. The summed E-state index contributed by atoms with van der Waals surface area (Å²) in [7, 11) is 0. The molecule has 3 N–H and O–H groups in total. The molecule has 2 rings (SSSR count). The number of carbonyl (C=O) groups is 1. The Hall–Kier alpha value is -1.95. The smallest absolute Gasteiger partial charge is 0.265 e. The summed E-state index contributed by atoms with van der Waals surface area (Å²) < 4.78 is 3.72. The molecule has 17 heavy (non-hydrogen) atoms. The number of hydrogen-bond acceptors (Lipinski definition) is 5. The average Bonchev–Trinajstić information content (AvgIpc) is 2.74. The Kier molecular flexibility index (Phi) is 3.34. The van der Waals surface area contributed by atoms with E-state index >= 15 is 0 Å². The van der Waals surface area contributed by atoms with E-state index in [2.05, 4.69) is 14.9 Å². The van der Waals surface area contributed by atoms with E-state index in [4.69, 9.17) is 5.73 Å². The molecule has 0 aliphatic rings. The zero-order valence-electron chi connectivity index (χ0n) is 9.30. The summed E-state index contributed by atoms with van der Waals surface area (Å²) in [6.45, 7) is 2.16. The van der Waals surface area contributed by atoms with Crippen LogP contribution in [0.15, 0.2) is 24.3 Å². The van der Waals surface area contributed by atoms with Crippen molar-refractivity contribution in [2.45, 2.75) is 13.5 Å². The monoisotopic (exact) mass is 248 g/mol. The van der Waals surface area contributed by atoms with Gasteiger partial charge in [0.25, 0.3) is 5.91 Å². The summed E-state index contributed by atoms with van der Waals surface area (Å²) in [5, 5.41) is 6.59. The molecule has 88 valence electrons. The Balaban J connectivity index is 2.02. The van der Waals surface area contributed by atoms with Crippen molar-refractivity contribution < 1.29 is 4.79 Å². The molecule has 0 atom stereocenters. The first-order valence-corrected chi connectivity index (χ1v) is 5.86. The van der Waals surface area contributed by atoms with Crippen LogP contribution in [-0.4, -0.2) is 15.5 Å². The highest BCUT2D eigenvalue weighted by Crippen LogP contribution is 2.12. The quantitative estimate of drug-likeness (QED) is 0.804. The van der Waals surface area contributed by atoms with Crippen molar-refractivity contribution in [3.8, 4) is 0 Å². The summed E-state index contributed by atoms with van der Waals surface area (Å²) in [4.78, 5) is 12.3. The van der Waals surface area contributed by atoms with Crippen molar-refractivity contribution in [1.29, 1.82) is 0 Å². The fourth-order valence-electron chi connectivity index (χ4n) is 1.39. The van der Waals surface area contributed by atoms with Crippen LogP contribution in [0.5, 0.6) is 0 Å². The number of amides is 1. The first-order valence-electron chi connectivity index (χ1n) is 5.09. The molecule has 0 radical (unpaired) electrons. The van der Waals surface area contributed by atoms with Crippen molar-refractivity contribution in [2.75, 3.05) is 5.73 Å². The van der Waals surface area contributed by atoms with Gasteiger partial charge in [0.1, 0.15) is 4.88 Å². The van der Waals surface area contributed by atoms with Crippen molar-refractivity contribution in [2.24, 2.45) is 0 Å². The van der Waals surface area contributed by atoms with Crippen LogP contribution in [0.2, 0.25) is 0 Å². The molecule has 0 saturated heterocycles. The highest BCUT2D eigenvalue weighted by Gasteiger charge is 2.12. The summed E-state index contributed by atoms with van der Waals surface area (Å²) in [6.07, 6.45) is 0. The molecule has 2 aromatic rings. The molecule has 0 aliphatic carbocycles. The van der Waals surface area contributed by atoms with Gasteiger partial charge in [0.15, 0.2) is 0 Å². The fraction of sp³-hybridized carbons (Fsp3) is 0.182. The molecule has 0 bridgehead atoms. The standard InChI is InChI=1S/C11H12N4OS/c1-7-10(17-15-14-7)11(16)13-6-8-4-2-3-5-9(8)12/h2-5H,6,12H2,1H3,(H,13,16). The van der Waals surface area contributed by atoms with Crippen LogP contribution in [0.25, 0.3) is 0 Å². The van der Waals surface area contributed by atoms with Crippen molar-refractivity contribution in [3.63, 3.8) is 0 Å². The lowest BCUT2D eigenvalue weighted by atomic mass is 10.2. The Bertz CT molecular complexity index is 538. The van der Waals surface area contributed by atoms with E-state index in [-0.39, 0.29) is 5.91 Å². The van der Waals surface area contributed by atoms with Crippen molar-refractivity contribution in [1.82, 2.24) is 14.9 Å². The predicted octanol–water partition coefficient (Wildman–Crippen LogP) is 1.36. The number of nitrogens with two attached hydrogens (primary N) is 1. The van der Waals surface area contributed by atoms with E-state index in [0.717, 1.165) is 17.1 Å². The van der Waals surface area contributed by atoms with Gasteiger partial charge < -0.3 is 11.1 Å². The minimum atomic E-state index is -0.166. The lowest BCUT2D eigenvalue weighted by molar-refractivity contribution is 0.0954. The van der Waals surface area contributed by atoms with Crippen LogP contribution in [0.4, 0.5) is 5.69 Å². The number of carbonyl (C=O) groups excluding carboxylic acids is 1. The minimum Gasteiger partial charge on any atom is -0.398 e. The van der Waals surface area contributed by atoms with Gasteiger partial charge in [0.05, 0.1) is 5.69 Å². The van der Waals surface area contributed by atoms with Crippen molar-refractivity contribution >= 4 is 23.1 Å². The maximum atomic E-state index is 11.8. The molecule has 1 heterocycles. The second kappa shape index (κ2) is 4.92. The lowest BCUT2D eigenvalue weighted by Gasteiger charge is -2.06. The summed E-state index contributed by atoms with van der Waals surface area (Å²) in [6, 6.07) is 7.43. The molecule has 0 spiro atoms. The topological polar surface area (TPSA) is 80.9 Å². The van der Waals surface area contributed by atoms with Gasteiger partial charge in [-0.1, -0.05) is 22.7 Å². The van der Waals surface area contributed by atoms with Crippen LogP contribution in [0.1, 0.15) is 20.9 Å². The SMILES string of the molecule is Cc1nnsc1C(=O)NCc1ccccc1N. The number of nitrogens with zero attached hydrogens (tertiary/aromatic N) is 2. The molecule has 1 aromatic heterocycles. The van der Waals surface area contributed by atoms with Crippen molar-refractivity contribution in [3.05, 3.63) is 40.4 Å². The van der Waals surface area contributed by atoms with E-state index in [9.17, 15) is 4.79 Å². The normalized spacial score (nSPS) is 10.2. The van der Waals surface area contributed by atoms with Crippen LogP contribution in [0, 0.1) is 6.92 Å². The zero-order chi connectivity index (χ0) is 12.3. The maximum absolute atomic E-state index is 11.8. The van der Waals surface area contributed by atoms with Crippen LogP contribution < -0.4 is 11.1 Å². The number of rotatable bonds is 3. The fourth-order valence-corrected chi connectivity index (χ4v) is 1.96. The van der Waals surface area contributed by atoms with Gasteiger partial charge in [0, 0.05) is 12.2 Å². The highest BCUT2D eigenvalue weighted by molar-refractivity contribution is 7.07. The number of nitrogens with one attached hydrogen (secondary N) is 1. The number of anilines is 1. The molecule has 5 nitrogen and oxygen atoms in total. The minimum absolute atomic E-state index is 0.166. The molecule has 0 aliphatic heterocycles. The number of aryl methyl sites for hydroxylation is 1. The van der Waals surface area contributed by atoms with Gasteiger partial charge in [-0.15, -0.1) is 5.10 Å². The number of aromatic nitrogens is 2. The van der Waals surface area contributed by atoms with E-state index in [1.165, 1.54) is 0 Å². The molecule has 0 saturated carbocycles. The second-order valence-electron chi connectivity index (χ2n) is 3.57. The third-order valence-corrected chi connectivity index (χ3v) is 3.18. The highest BCUT2D eigenvalue weighted by atomic mass is 32.1. The molecular formula is C11H12N4OS. The first kappa shape index (κ1) is 11.5. The first-order chi connectivity index (χ1) is 8.18. The largest absolute Gasteiger partial charge is 0.398 e. The molecule has 1 amide bonds. The number of benzene rings is 1. The summed E-state index contributed by atoms with van der Waals surface area (Å²) in [5.41, 5.74) is 8.00. The third-order valence-electron chi connectivity index (χ3n) is 2.35. The number of nitrogen functional groups attached to an aromatic ring is 1. The van der Waals surface area contributed by atoms with Gasteiger partial charge in [0.2, 0.25) is 0 Å². The predicted molar refractivity (Wildman–Crippen MR) is 66.7 cm³/mol. The van der Waals surface area contributed by atoms with E-state index in [1.54, 1.807) is 13.0 Å². The van der Waals surface area contributed by atoms with Gasteiger partial charge in [-0.05, 0) is 30.1 Å². The Morgan fingerprint density at radius 2 is 2.24 bits per heavy atom. The van der Waals surface area contributed by atoms with Gasteiger partial charge in [-0.3, -0.25) is 4.79 Å². The van der Waals surface area contributed by atoms with Crippen LogP contribution in [-0.2, 0) is 6.54 Å². The molecule has 0 unspecified atom stereocenters. The molecular weight excluding hydrogens is 236 g/mol. The lowest BCUT2D eigenvalue weighted by Crippen LogP contribution is -2.23. The average molecular weight is 248 g/mol. The Morgan fingerprint density at radius 1 is 1.47 bits per heavy atom. The van der Waals surface area contributed by atoms with Crippen LogP contribution in [0.3, 0.4) is 0 Å². The van der Waals surface area contributed by atoms with Crippen LogP contribution >= 0.6 is 11.5 Å². The van der Waals surface area contributed by atoms with E-state index in [1.807, 2.05) is 18.2 Å². The van der Waals surface area contributed by atoms with E-state index in [0.29, 0.717) is 22.8 Å². The summed E-state index contributed by atoms with van der Waals surface area (Å²) in [5.74, 6) is -0.166. The Labute approximate surface area is 103 Å². The third kappa shape index (κ3) is 2.59. The number of hydrogen-bond donors (Lipinski definition) is 2.